The SMILES string of the molecule is O=C1C=CC(=O)O1.[NH-]CCNCCNCCNCC[NH-].[Zn+2]. The van der Waals surface area contributed by atoms with Crippen LogP contribution in [0.1, 0.15) is 0 Å². The van der Waals surface area contributed by atoms with Gasteiger partial charge in [0, 0.05) is 38.3 Å². The van der Waals surface area contributed by atoms with Crippen molar-refractivity contribution in [1.29, 1.82) is 0 Å². The molecule has 0 fully saturated rings. The Morgan fingerprint density at radius 2 is 1.10 bits per heavy atom. The van der Waals surface area contributed by atoms with Gasteiger partial charge in [-0.25, -0.2) is 9.59 Å². The molecule has 116 valence electrons. The molecule has 1 rings (SSSR count). The van der Waals surface area contributed by atoms with Crippen LogP contribution < -0.4 is 16.0 Å². The Morgan fingerprint density at radius 3 is 1.33 bits per heavy atom. The summed E-state index contributed by atoms with van der Waals surface area (Å²) >= 11 is 0. The maximum Gasteiger partial charge on any atom is 2.00 e. The second-order valence-electron chi connectivity index (χ2n) is 3.82. The van der Waals surface area contributed by atoms with Gasteiger partial charge in [0.05, 0.1) is 0 Å². The first-order valence-electron chi connectivity index (χ1n) is 6.56. The topological polar surface area (TPSA) is 127 Å². The minimum atomic E-state index is -0.579. The van der Waals surface area contributed by atoms with E-state index >= 15 is 0 Å². The smallest absolute Gasteiger partial charge is 0.676 e. The minimum Gasteiger partial charge on any atom is -0.676 e. The van der Waals surface area contributed by atoms with Gasteiger partial charge in [0.15, 0.2) is 0 Å². The van der Waals surface area contributed by atoms with E-state index in [1.807, 2.05) is 0 Å². The Morgan fingerprint density at radius 1 is 0.762 bits per heavy atom. The molecular formula is C12H23N5O3Zn. The first-order valence-corrected chi connectivity index (χ1v) is 6.56. The van der Waals surface area contributed by atoms with Crippen LogP contribution in [-0.4, -0.2) is 64.3 Å². The molecule has 0 amide bonds. The van der Waals surface area contributed by atoms with E-state index < -0.39 is 11.9 Å². The third-order valence-corrected chi connectivity index (χ3v) is 2.12. The largest absolute Gasteiger partial charge is 2.00 e. The van der Waals surface area contributed by atoms with Gasteiger partial charge in [-0.15, -0.1) is 13.1 Å². The zero-order valence-corrected chi connectivity index (χ0v) is 15.2. The molecule has 9 heteroatoms. The molecule has 0 saturated carbocycles. The molecule has 0 saturated heterocycles. The molecule has 0 aliphatic carbocycles. The van der Waals surface area contributed by atoms with E-state index in [9.17, 15) is 9.59 Å². The van der Waals surface area contributed by atoms with Crippen LogP contribution >= 0.6 is 0 Å². The van der Waals surface area contributed by atoms with Crippen LogP contribution in [0.2, 0.25) is 0 Å². The summed E-state index contributed by atoms with van der Waals surface area (Å²) in [6, 6.07) is 0. The normalized spacial score (nSPS) is 12.5. The molecule has 8 nitrogen and oxygen atoms in total. The number of hydrogen-bond donors (Lipinski definition) is 3. The number of hydrogen-bond acceptors (Lipinski definition) is 6. The fraction of sp³-hybridized carbons (Fsp3) is 0.667. The van der Waals surface area contributed by atoms with Crippen molar-refractivity contribution in [2.45, 2.75) is 0 Å². The van der Waals surface area contributed by atoms with E-state index in [0.717, 1.165) is 51.4 Å². The van der Waals surface area contributed by atoms with Crippen LogP contribution in [0.25, 0.3) is 11.5 Å². The maximum absolute atomic E-state index is 9.92. The monoisotopic (exact) mass is 349 g/mol. The summed E-state index contributed by atoms with van der Waals surface area (Å²) in [5.41, 5.74) is 13.8. The molecule has 0 aromatic heterocycles. The summed E-state index contributed by atoms with van der Waals surface area (Å²) in [6.45, 7) is 6.20. The number of carbonyl (C=O) groups excluding carboxylic acids is 2. The minimum absolute atomic E-state index is 0. The molecule has 0 unspecified atom stereocenters. The average molecular weight is 351 g/mol. The Hall–Kier alpha value is -0.697. The molecule has 1 heterocycles. The summed E-state index contributed by atoms with van der Waals surface area (Å²) in [4.78, 5) is 19.8. The van der Waals surface area contributed by atoms with Crippen LogP contribution in [0.4, 0.5) is 0 Å². The zero-order valence-electron chi connectivity index (χ0n) is 12.2. The average Bonchev–Trinajstić information content (AvgIpc) is 2.81. The quantitative estimate of drug-likeness (QED) is 0.211. The zero-order chi connectivity index (χ0) is 15.1. The molecule has 5 N–H and O–H groups in total. The molecule has 0 bridgehead atoms. The van der Waals surface area contributed by atoms with Crippen LogP contribution in [-0.2, 0) is 33.8 Å². The Bertz CT molecular complexity index is 277. The van der Waals surface area contributed by atoms with Gasteiger partial charge in [-0.3, -0.25) is 0 Å². The number of rotatable bonds is 10. The Kier molecular flexibility index (Phi) is 18.7. The predicted octanol–water partition coefficient (Wildman–Crippen LogP) is -0.517. The van der Waals surface area contributed by atoms with Gasteiger partial charge < -0.3 is 32.2 Å². The fourth-order valence-electron chi connectivity index (χ4n) is 1.21. The van der Waals surface area contributed by atoms with Crippen LogP contribution in [0.3, 0.4) is 0 Å². The van der Waals surface area contributed by atoms with Crippen molar-refractivity contribution in [3.8, 4) is 0 Å². The second-order valence-corrected chi connectivity index (χ2v) is 3.82. The van der Waals surface area contributed by atoms with Crippen molar-refractivity contribution in [3.05, 3.63) is 23.6 Å². The summed E-state index contributed by atoms with van der Waals surface area (Å²) in [5, 5.41) is 9.53. The van der Waals surface area contributed by atoms with E-state index in [-0.39, 0.29) is 19.5 Å². The van der Waals surface area contributed by atoms with Gasteiger partial charge in [-0.05, 0) is 13.1 Å². The summed E-state index contributed by atoms with van der Waals surface area (Å²) in [7, 11) is 0. The van der Waals surface area contributed by atoms with Crippen molar-refractivity contribution < 1.29 is 33.8 Å². The van der Waals surface area contributed by atoms with E-state index in [2.05, 4.69) is 20.7 Å². The van der Waals surface area contributed by atoms with Crippen LogP contribution in [0, 0.1) is 0 Å². The number of carbonyl (C=O) groups is 2. The first kappa shape index (κ1) is 22.6. The van der Waals surface area contributed by atoms with Crippen molar-refractivity contribution in [1.82, 2.24) is 16.0 Å². The van der Waals surface area contributed by atoms with E-state index in [4.69, 9.17) is 11.5 Å². The molecule has 0 atom stereocenters. The number of ether oxygens (including phenoxy) is 1. The van der Waals surface area contributed by atoms with E-state index in [0.29, 0.717) is 13.1 Å². The first-order chi connectivity index (χ1) is 9.70. The molecule has 0 aromatic rings. The summed E-state index contributed by atoms with van der Waals surface area (Å²) < 4.78 is 3.97. The summed E-state index contributed by atoms with van der Waals surface area (Å²) in [5.74, 6) is -1.16. The number of cyclic esters (lactones) is 2. The van der Waals surface area contributed by atoms with Gasteiger partial charge in [0.2, 0.25) is 0 Å². The molecule has 21 heavy (non-hydrogen) atoms. The maximum atomic E-state index is 9.92. The third-order valence-electron chi connectivity index (χ3n) is 2.12. The number of nitrogens with one attached hydrogen (secondary N) is 5. The third kappa shape index (κ3) is 17.3. The van der Waals surface area contributed by atoms with Gasteiger partial charge in [-0.1, -0.05) is 0 Å². The van der Waals surface area contributed by atoms with Gasteiger partial charge >= 0.3 is 31.4 Å². The Balaban J connectivity index is 0. The second kappa shape index (κ2) is 17.4. The van der Waals surface area contributed by atoms with Crippen molar-refractivity contribution in [2.24, 2.45) is 0 Å². The molecule has 0 spiro atoms. The van der Waals surface area contributed by atoms with E-state index in [1.54, 1.807) is 0 Å². The standard InChI is InChI=1S/C8H21N5.C4H2O3.Zn/c9-1-3-11-5-7-13-8-6-12-4-2-10;5-3-1-2-4(6)7-3;/h9-13H,1-8H2;1-2H;/q-2;;+2. The fourth-order valence-corrected chi connectivity index (χ4v) is 1.21. The van der Waals surface area contributed by atoms with Gasteiger partial charge in [0.1, 0.15) is 0 Å². The van der Waals surface area contributed by atoms with E-state index in [1.165, 1.54) is 0 Å². The molecule has 1 aliphatic heterocycles. The van der Waals surface area contributed by atoms with Crippen LogP contribution in [0.15, 0.2) is 12.2 Å². The molecule has 0 radical (unpaired) electrons. The number of esters is 2. The van der Waals surface area contributed by atoms with Crippen molar-refractivity contribution >= 4 is 11.9 Å². The van der Waals surface area contributed by atoms with Gasteiger partial charge in [-0.2, -0.15) is 0 Å². The molecule has 0 aromatic carbocycles. The predicted molar refractivity (Wildman–Crippen MR) is 77.2 cm³/mol. The summed E-state index contributed by atoms with van der Waals surface area (Å²) in [6.07, 6.45) is 2.17. The van der Waals surface area contributed by atoms with Crippen molar-refractivity contribution in [3.63, 3.8) is 0 Å². The van der Waals surface area contributed by atoms with Crippen molar-refractivity contribution in [2.75, 3.05) is 52.4 Å². The van der Waals surface area contributed by atoms with Gasteiger partial charge in [0.25, 0.3) is 0 Å². The Labute approximate surface area is 138 Å². The van der Waals surface area contributed by atoms with Crippen LogP contribution in [0.5, 0.6) is 0 Å². The molecular weight excluding hydrogens is 328 g/mol. The molecule has 1 aliphatic rings.